The topological polar surface area (TPSA) is 108 Å². The highest BCUT2D eigenvalue weighted by Crippen LogP contribution is 2.43. The molecule has 0 aromatic heterocycles. The van der Waals surface area contributed by atoms with E-state index in [2.05, 4.69) is 68.5 Å². The maximum atomic E-state index is 12.7. The summed E-state index contributed by atoms with van der Waals surface area (Å²) in [5.74, 6) is -0.867. The summed E-state index contributed by atoms with van der Waals surface area (Å²) in [4.78, 5) is 35.4. The second-order valence-electron chi connectivity index (χ2n) is 17.1. The predicted octanol–water partition coefficient (Wildman–Crippen LogP) is 14.0. The Hall–Kier alpha value is -2.29. The zero-order chi connectivity index (χ0) is 44.3. The smallest absolute Gasteiger partial charge is 0.462 e. The molecule has 0 radical (unpaired) electrons. The number of phosphoric acid groups is 1. The minimum atomic E-state index is -4.39. The summed E-state index contributed by atoms with van der Waals surface area (Å²) in [6.45, 7) is 4.33. The van der Waals surface area contributed by atoms with Crippen LogP contribution >= 0.6 is 7.82 Å². The fourth-order valence-corrected chi connectivity index (χ4v) is 6.98. The Bertz CT molecular complexity index is 1210. The van der Waals surface area contributed by atoms with Crippen molar-refractivity contribution in [2.75, 3.05) is 47.5 Å². The molecule has 60 heavy (non-hydrogen) atoms. The van der Waals surface area contributed by atoms with E-state index < -0.39 is 26.5 Å². The summed E-state index contributed by atoms with van der Waals surface area (Å²) in [7, 11) is 1.44. The van der Waals surface area contributed by atoms with Gasteiger partial charge in [-0.1, -0.05) is 164 Å². The molecule has 0 aromatic carbocycles. The maximum absolute atomic E-state index is 12.7. The lowest BCUT2D eigenvalue weighted by Gasteiger charge is -2.24. The fraction of sp³-hybridized carbons (Fsp3) is 0.760. The third-order valence-corrected chi connectivity index (χ3v) is 11.0. The lowest BCUT2D eigenvalue weighted by Crippen LogP contribution is -2.37. The average Bonchev–Trinajstić information content (AvgIpc) is 3.20. The number of quaternary nitrogens is 1. The van der Waals surface area contributed by atoms with Crippen molar-refractivity contribution in [3.8, 4) is 0 Å². The van der Waals surface area contributed by atoms with Crippen LogP contribution in [0.5, 0.6) is 0 Å². The molecule has 0 aliphatic rings. The second kappa shape index (κ2) is 42.0. The van der Waals surface area contributed by atoms with Crippen molar-refractivity contribution < 1.29 is 42.1 Å². The average molecular weight is 865 g/mol. The minimum absolute atomic E-state index is 0.0193. The highest BCUT2D eigenvalue weighted by Gasteiger charge is 2.27. The highest BCUT2D eigenvalue weighted by molar-refractivity contribution is 7.47. The predicted molar refractivity (Wildman–Crippen MR) is 252 cm³/mol. The zero-order valence-electron chi connectivity index (χ0n) is 39.2. The molecule has 0 bridgehead atoms. The van der Waals surface area contributed by atoms with Crippen molar-refractivity contribution in [2.45, 2.75) is 200 Å². The van der Waals surface area contributed by atoms with E-state index >= 15 is 0 Å². The van der Waals surface area contributed by atoms with Crippen LogP contribution < -0.4 is 0 Å². The lowest BCUT2D eigenvalue weighted by atomic mass is 10.1. The molecule has 0 saturated carbocycles. The Morgan fingerprint density at radius 2 is 0.917 bits per heavy atom. The molecule has 0 heterocycles. The van der Waals surface area contributed by atoms with Gasteiger partial charge < -0.3 is 18.9 Å². The van der Waals surface area contributed by atoms with Gasteiger partial charge >= 0.3 is 19.8 Å². The van der Waals surface area contributed by atoms with E-state index in [0.717, 1.165) is 38.5 Å². The Morgan fingerprint density at radius 1 is 0.517 bits per heavy atom. The van der Waals surface area contributed by atoms with Crippen LogP contribution in [0.25, 0.3) is 0 Å². The van der Waals surface area contributed by atoms with Crippen LogP contribution in [0.3, 0.4) is 0 Å². The van der Waals surface area contributed by atoms with E-state index in [1.807, 2.05) is 27.2 Å². The molecule has 348 valence electrons. The van der Waals surface area contributed by atoms with E-state index in [-0.39, 0.29) is 32.0 Å². The molecular formula is C50H91NO8P+. The number of carbonyl (C=O) groups is 2. The summed E-state index contributed by atoms with van der Waals surface area (Å²) in [6, 6.07) is 0. The first-order valence-corrected chi connectivity index (χ1v) is 25.5. The Kier molecular flexibility index (Phi) is 40.4. The summed E-state index contributed by atoms with van der Waals surface area (Å²) < 4.78 is 34.3. The lowest BCUT2D eigenvalue weighted by molar-refractivity contribution is -0.870. The van der Waals surface area contributed by atoms with Gasteiger partial charge in [0.25, 0.3) is 0 Å². The fourth-order valence-electron chi connectivity index (χ4n) is 6.24. The maximum Gasteiger partial charge on any atom is 0.472 e. The third-order valence-electron chi connectivity index (χ3n) is 10.0. The number of hydrogen-bond donors (Lipinski definition) is 1. The van der Waals surface area contributed by atoms with Crippen LogP contribution in [0.1, 0.15) is 194 Å². The molecule has 0 saturated heterocycles. The number of rotatable bonds is 43. The number of hydrogen-bond acceptors (Lipinski definition) is 7. The van der Waals surface area contributed by atoms with E-state index in [1.165, 1.54) is 116 Å². The van der Waals surface area contributed by atoms with E-state index in [4.69, 9.17) is 18.5 Å². The molecule has 2 atom stereocenters. The molecule has 0 spiro atoms. The molecule has 0 aliphatic carbocycles. The highest BCUT2D eigenvalue weighted by atomic mass is 31.2. The van der Waals surface area contributed by atoms with Crippen molar-refractivity contribution in [1.82, 2.24) is 0 Å². The summed E-state index contributed by atoms with van der Waals surface area (Å²) in [6.07, 6.45) is 51.3. The van der Waals surface area contributed by atoms with Crippen molar-refractivity contribution in [3.05, 3.63) is 60.8 Å². The molecule has 1 unspecified atom stereocenters. The number of carbonyl (C=O) groups excluding carboxylic acids is 2. The summed E-state index contributed by atoms with van der Waals surface area (Å²) >= 11 is 0. The van der Waals surface area contributed by atoms with E-state index in [9.17, 15) is 19.0 Å². The van der Waals surface area contributed by atoms with Crippen LogP contribution in [0.2, 0.25) is 0 Å². The van der Waals surface area contributed by atoms with Gasteiger partial charge in [-0.2, -0.15) is 0 Å². The van der Waals surface area contributed by atoms with Crippen molar-refractivity contribution in [1.29, 1.82) is 0 Å². The van der Waals surface area contributed by atoms with Gasteiger partial charge in [0.05, 0.1) is 27.7 Å². The summed E-state index contributed by atoms with van der Waals surface area (Å²) in [5, 5.41) is 0. The Labute approximate surface area is 368 Å². The van der Waals surface area contributed by atoms with Gasteiger partial charge in [0.2, 0.25) is 0 Å². The molecule has 0 aromatic rings. The first-order chi connectivity index (χ1) is 29.0. The molecular weight excluding hydrogens is 774 g/mol. The normalized spacial score (nSPS) is 14.0. The van der Waals surface area contributed by atoms with Gasteiger partial charge in [-0.25, -0.2) is 4.57 Å². The first kappa shape index (κ1) is 57.7. The largest absolute Gasteiger partial charge is 0.472 e. The molecule has 0 fully saturated rings. The zero-order valence-corrected chi connectivity index (χ0v) is 40.1. The van der Waals surface area contributed by atoms with Gasteiger partial charge in [-0.3, -0.25) is 18.6 Å². The quantitative estimate of drug-likeness (QED) is 0.0212. The van der Waals surface area contributed by atoms with Crippen LogP contribution in [-0.4, -0.2) is 74.9 Å². The summed E-state index contributed by atoms with van der Waals surface area (Å²) in [5.41, 5.74) is 0. The number of likely N-dealkylation sites (N-methyl/N-ethyl adjacent to an activating group) is 1. The van der Waals surface area contributed by atoms with Crippen LogP contribution in [0.15, 0.2) is 60.8 Å². The SMILES string of the molecule is CCCCC/C=C\C/C=C\C/C=C\C/C=C\CCCC(=O)O[C@H](COC(=O)CCCCCCCCCCC/C=C\CCCCCCCC)COP(=O)(O)OCC[N+](C)(C)C. The number of esters is 2. The Balaban J connectivity index is 4.39. The molecule has 0 rings (SSSR count). The van der Waals surface area contributed by atoms with Gasteiger partial charge in [-0.05, 0) is 77.0 Å². The molecule has 0 aliphatic heterocycles. The molecule has 0 amide bonds. The number of nitrogens with zero attached hydrogens (tertiary/aromatic N) is 1. The van der Waals surface area contributed by atoms with Gasteiger partial charge in [-0.15, -0.1) is 0 Å². The number of phosphoric ester groups is 1. The standard InChI is InChI=1S/C50H90NO8P/c1-6-8-10-12-14-16-18-20-22-24-25-27-28-30-32-34-36-38-40-42-49(52)56-46-48(47-58-60(54,55)57-45-44-51(3,4)5)59-50(53)43-41-39-37-35-33-31-29-26-23-21-19-17-15-13-11-9-7-2/h15,17,20-23,29,31,35,37,48H,6-14,16,18-19,24-28,30,32-34,36,38-47H2,1-5H3/p+1/b17-15-,22-20-,23-21-,31-29-,37-35-/t48-/m1/s1. The number of unbranched alkanes of at least 4 members (excludes halogenated alkanes) is 19. The van der Waals surface area contributed by atoms with Crippen molar-refractivity contribution >= 4 is 19.8 Å². The minimum Gasteiger partial charge on any atom is -0.462 e. The Morgan fingerprint density at radius 3 is 1.43 bits per heavy atom. The molecule has 10 heteroatoms. The van der Waals surface area contributed by atoms with Gasteiger partial charge in [0, 0.05) is 12.8 Å². The van der Waals surface area contributed by atoms with Crippen LogP contribution in [-0.2, 0) is 32.7 Å². The van der Waals surface area contributed by atoms with Crippen molar-refractivity contribution in [2.24, 2.45) is 0 Å². The van der Waals surface area contributed by atoms with Gasteiger partial charge in [0.1, 0.15) is 19.8 Å². The number of ether oxygens (including phenoxy) is 2. The number of allylic oxidation sites excluding steroid dienone is 10. The third kappa shape index (κ3) is 45.2. The van der Waals surface area contributed by atoms with Crippen molar-refractivity contribution in [3.63, 3.8) is 0 Å². The van der Waals surface area contributed by atoms with E-state index in [0.29, 0.717) is 23.9 Å². The second-order valence-corrected chi connectivity index (χ2v) is 18.6. The molecule has 9 nitrogen and oxygen atoms in total. The van der Waals surface area contributed by atoms with E-state index in [1.54, 1.807) is 0 Å². The van der Waals surface area contributed by atoms with Crippen LogP contribution in [0, 0.1) is 0 Å². The van der Waals surface area contributed by atoms with Gasteiger partial charge in [0.15, 0.2) is 6.10 Å². The monoisotopic (exact) mass is 865 g/mol. The molecule has 1 N–H and O–H groups in total. The first-order valence-electron chi connectivity index (χ1n) is 24.0. The van der Waals surface area contributed by atoms with Crippen LogP contribution in [0.4, 0.5) is 0 Å².